The second kappa shape index (κ2) is 9.44. The number of fused-ring (bicyclic) bond motifs is 1. The number of hydrogen-bond donors (Lipinski definition) is 0. The third-order valence-electron chi connectivity index (χ3n) is 6.44. The molecule has 1 aromatic carbocycles. The Kier molecular flexibility index (Phi) is 6.40. The molecule has 3 aromatic rings. The Morgan fingerprint density at radius 2 is 1.91 bits per heavy atom. The van der Waals surface area contributed by atoms with Crippen LogP contribution in [-0.2, 0) is 16.1 Å². The fourth-order valence-corrected chi connectivity index (χ4v) is 5.90. The molecule has 9 heteroatoms. The van der Waals surface area contributed by atoms with E-state index in [4.69, 9.17) is 16.3 Å². The maximum atomic E-state index is 13.4. The van der Waals surface area contributed by atoms with E-state index in [2.05, 4.69) is 5.10 Å². The molecule has 2 amide bonds. The van der Waals surface area contributed by atoms with Crippen LogP contribution in [-0.4, -0.2) is 70.8 Å². The van der Waals surface area contributed by atoms with Gasteiger partial charge in [0.05, 0.1) is 36.2 Å². The molecular weight excluding hydrogens is 460 g/mol. The molecule has 0 bridgehead atoms. The summed E-state index contributed by atoms with van der Waals surface area (Å²) in [6.45, 7) is 6.24. The monoisotopic (exact) mass is 486 g/mol. The maximum absolute atomic E-state index is 13.4. The smallest absolute Gasteiger partial charge is 0.264 e. The SMILES string of the molecule is Cc1nn(Cc2ccc(Cl)cc2)c2sc(C(=O)N3CCCC(C(=O)N4CCOCC4)C3)cc12. The molecule has 2 fully saturated rings. The number of carbonyl (C=O) groups is 2. The molecule has 4 heterocycles. The van der Waals surface area contributed by atoms with Crippen LogP contribution in [0.25, 0.3) is 10.2 Å². The van der Waals surface area contributed by atoms with E-state index in [1.165, 1.54) is 11.3 Å². The van der Waals surface area contributed by atoms with Crippen molar-refractivity contribution in [1.29, 1.82) is 0 Å². The van der Waals surface area contributed by atoms with Gasteiger partial charge >= 0.3 is 0 Å². The van der Waals surface area contributed by atoms with Crippen molar-refractivity contribution in [2.24, 2.45) is 5.92 Å². The van der Waals surface area contributed by atoms with E-state index in [9.17, 15) is 9.59 Å². The molecule has 0 N–H and O–H groups in total. The van der Waals surface area contributed by atoms with Crippen LogP contribution in [0.2, 0.25) is 5.02 Å². The summed E-state index contributed by atoms with van der Waals surface area (Å²) in [5.41, 5.74) is 2.01. The molecule has 5 rings (SSSR count). The second-order valence-corrected chi connectivity index (χ2v) is 10.2. The molecular formula is C24H27ClN4O3S. The molecule has 0 aliphatic carbocycles. The lowest BCUT2D eigenvalue weighted by Crippen LogP contribution is -2.49. The molecule has 0 radical (unpaired) electrons. The number of piperidine rings is 1. The molecule has 2 saturated heterocycles. The highest BCUT2D eigenvalue weighted by Gasteiger charge is 2.33. The molecule has 33 heavy (non-hydrogen) atoms. The van der Waals surface area contributed by atoms with Crippen LogP contribution < -0.4 is 0 Å². The number of aromatic nitrogens is 2. The topological polar surface area (TPSA) is 67.7 Å². The number of ether oxygens (including phenoxy) is 1. The van der Waals surface area contributed by atoms with Crippen LogP contribution in [0.15, 0.2) is 30.3 Å². The molecule has 2 aromatic heterocycles. The largest absolute Gasteiger partial charge is 0.378 e. The summed E-state index contributed by atoms with van der Waals surface area (Å²) < 4.78 is 7.32. The average Bonchev–Trinajstić information content (AvgIpc) is 3.41. The fraction of sp³-hybridized carbons (Fsp3) is 0.458. The number of thiophene rings is 1. The minimum absolute atomic E-state index is 0.00752. The first-order valence-corrected chi connectivity index (χ1v) is 12.6. The molecule has 1 atom stereocenters. The van der Waals surface area contributed by atoms with Gasteiger partial charge in [-0.05, 0) is 43.5 Å². The first kappa shape index (κ1) is 22.4. The van der Waals surface area contributed by atoms with E-state index < -0.39 is 0 Å². The number of morpholine rings is 1. The highest BCUT2D eigenvalue weighted by Crippen LogP contribution is 2.31. The van der Waals surface area contributed by atoms with Crippen LogP contribution in [0.3, 0.4) is 0 Å². The van der Waals surface area contributed by atoms with Crippen molar-refractivity contribution >= 4 is 45.0 Å². The third-order valence-corrected chi connectivity index (χ3v) is 7.83. The summed E-state index contributed by atoms with van der Waals surface area (Å²) >= 11 is 7.49. The predicted molar refractivity (Wildman–Crippen MR) is 129 cm³/mol. The van der Waals surface area contributed by atoms with Gasteiger partial charge in [-0.15, -0.1) is 11.3 Å². The van der Waals surface area contributed by atoms with Gasteiger partial charge in [-0.3, -0.25) is 14.3 Å². The summed E-state index contributed by atoms with van der Waals surface area (Å²) in [5.74, 6) is 0.0343. The number of likely N-dealkylation sites (tertiary alicyclic amines) is 1. The zero-order valence-corrected chi connectivity index (χ0v) is 20.2. The van der Waals surface area contributed by atoms with Gasteiger partial charge in [0.1, 0.15) is 4.83 Å². The van der Waals surface area contributed by atoms with Gasteiger partial charge in [0.25, 0.3) is 5.91 Å². The molecule has 174 valence electrons. The lowest BCUT2D eigenvalue weighted by Gasteiger charge is -2.36. The van der Waals surface area contributed by atoms with Gasteiger partial charge in [0.15, 0.2) is 0 Å². The maximum Gasteiger partial charge on any atom is 0.264 e. The summed E-state index contributed by atoms with van der Waals surface area (Å²) in [7, 11) is 0. The Hall–Kier alpha value is -2.42. The lowest BCUT2D eigenvalue weighted by molar-refractivity contribution is -0.141. The first-order chi connectivity index (χ1) is 16.0. The number of nitrogens with zero attached hydrogens (tertiary/aromatic N) is 4. The van der Waals surface area contributed by atoms with Crippen molar-refractivity contribution in [2.75, 3.05) is 39.4 Å². The van der Waals surface area contributed by atoms with Crippen LogP contribution in [0, 0.1) is 12.8 Å². The number of hydrogen-bond acceptors (Lipinski definition) is 5. The number of benzene rings is 1. The van der Waals surface area contributed by atoms with Crippen molar-refractivity contribution in [2.45, 2.75) is 26.3 Å². The van der Waals surface area contributed by atoms with Crippen molar-refractivity contribution in [3.63, 3.8) is 0 Å². The summed E-state index contributed by atoms with van der Waals surface area (Å²) in [4.78, 5) is 31.8. The summed E-state index contributed by atoms with van der Waals surface area (Å²) in [6.07, 6.45) is 1.68. The molecule has 1 unspecified atom stereocenters. The predicted octanol–water partition coefficient (Wildman–Crippen LogP) is 3.82. The second-order valence-electron chi connectivity index (χ2n) is 8.73. The number of aryl methyl sites for hydroxylation is 1. The average molecular weight is 487 g/mol. The lowest BCUT2D eigenvalue weighted by atomic mass is 9.96. The minimum atomic E-state index is -0.127. The van der Waals surface area contributed by atoms with E-state index in [1.807, 2.05) is 51.7 Å². The fourth-order valence-electron chi connectivity index (χ4n) is 4.65. The zero-order valence-electron chi connectivity index (χ0n) is 18.6. The van der Waals surface area contributed by atoms with E-state index in [-0.39, 0.29) is 17.7 Å². The standard InChI is InChI=1S/C24H27ClN4O3S/c1-16-20-13-21(33-24(20)29(26-16)14-17-4-6-19(25)7-5-17)23(31)28-8-2-3-18(15-28)22(30)27-9-11-32-12-10-27/h4-7,13,18H,2-3,8-12,14-15H2,1H3. The third kappa shape index (κ3) is 4.65. The number of halogens is 1. The van der Waals surface area contributed by atoms with Crippen molar-refractivity contribution in [3.8, 4) is 0 Å². The molecule has 2 aliphatic heterocycles. The quantitative estimate of drug-likeness (QED) is 0.562. The van der Waals surface area contributed by atoms with Gasteiger partial charge < -0.3 is 14.5 Å². The van der Waals surface area contributed by atoms with Gasteiger partial charge in [0, 0.05) is 36.6 Å². The van der Waals surface area contributed by atoms with Crippen LogP contribution in [0.5, 0.6) is 0 Å². The van der Waals surface area contributed by atoms with Crippen molar-refractivity contribution in [1.82, 2.24) is 19.6 Å². The van der Waals surface area contributed by atoms with Gasteiger partial charge in [0.2, 0.25) is 5.91 Å². The highest BCUT2D eigenvalue weighted by molar-refractivity contribution is 7.20. The highest BCUT2D eigenvalue weighted by atomic mass is 35.5. The minimum Gasteiger partial charge on any atom is -0.378 e. The first-order valence-electron chi connectivity index (χ1n) is 11.4. The summed E-state index contributed by atoms with van der Waals surface area (Å²) in [5, 5.41) is 6.39. The Morgan fingerprint density at radius 3 is 2.67 bits per heavy atom. The Labute approximate surface area is 201 Å². The van der Waals surface area contributed by atoms with Crippen LogP contribution in [0.1, 0.15) is 33.8 Å². The Morgan fingerprint density at radius 1 is 1.15 bits per heavy atom. The van der Waals surface area contributed by atoms with Crippen LogP contribution in [0.4, 0.5) is 0 Å². The zero-order chi connectivity index (χ0) is 22.9. The van der Waals surface area contributed by atoms with Gasteiger partial charge in [-0.1, -0.05) is 23.7 Å². The molecule has 7 nitrogen and oxygen atoms in total. The van der Waals surface area contributed by atoms with Gasteiger partial charge in [-0.2, -0.15) is 5.10 Å². The normalized spacial score (nSPS) is 19.3. The van der Waals surface area contributed by atoms with E-state index in [1.54, 1.807) is 0 Å². The number of amides is 2. The van der Waals surface area contributed by atoms with Gasteiger partial charge in [-0.25, -0.2) is 0 Å². The molecule has 2 aliphatic rings. The summed E-state index contributed by atoms with van der Waals surface area (Å²) in [6, 6.07) is 9.68. The Bertz CT molecular complexity index is 1170. The van der Waals surface area contributed by atoms with Crippen LogP contribution >= 0.6 is 22.9 Å². The molecule has 0 saturated carbocycles. The van der Waals surface area contributed by atoms with E-state index in [0.717, 1.165) is 34.3 Å². The van der Waals surface area contributed by atoms with Crippen molar-refractivity contribution < 1.29 is 14.3 Å². The van der Waals surface area contributed by atoms with E-state index >= 15 is 0 Å². The Balaban J connectivity index is 1.32. The number of rotatable bonds is 4. The number of carbonyl (C=O) groups excluding carboxylic acids is 2. The molecule has 0 spiro atoms. The van der Waals surface area contributed by atoms with Crippen molar-refractivity contribution in [3.05, 3.63) is 51.5 Å². The van der Waals surface area contributed by atoms with E-state index in [0.29, 0.717) is 55.8 Å².